The van der Waals surface area contributed by atoms with Gasteiger partial charge in [-0.2, -0.15) is 0 Å². The molecule has 0 bridgehead atoms. The molecule has 0 aromatic heterocycles. The summed E-state index contributed by atoms with van der Waals surface area (Å²) < 4.78 is 10.9. The first-order chi connectivity index (χ1) is 9.19. The second-order valence-electron chi connectivity index (χ2n) is 4.61. The van der Waals surface area contributed by atoms with E-state index in [9.17, 15) is 4.79 Å². The molecule has 1 amide bonds. The average molecular weight is 264 g/mol. The van der Waals surface area contributed by atoms with Gasteiger partial charge < -0.3 is 20.1 Å². The zero-order valence-electron chi connectivity index (χ0n) is 11.3. The van der Waals surface area contributed by atoms with Crippen molar-refractivity contribution < 1.29 is 14.3 Å². The van der Waals surface area contributed by atoms with Gasteiger partial charge in [0.05, 0.1) is 12.1 Å². The number of hydrogen-bond acceptors (Lipinski definition) is 4. The number of rotatable bonds is 5. The zero-order valence-corrected chi connectivity index (χ0v) is 11.3. The quantitative estimate of drug-likeness (QED) is 0.844. The van der Waals surface area contributed by atoms with E-state index < -0.39 is 0 Å². The number of benzene rings is 1. The van der Waals surface area contributed by atoms with Crippen LogP contribution in [0.2, 0.25) is 0 Å². The normalized spacial score (nSPS) is 22.0. The van der Waals surface area contributed by atoms with Crippen LogP contribution in [0.3, 0.4) is 0 Å². The van der Waals surface area contributed by atoms with Gasteiger partial charge in [-0.3, -0.25) is 4.79 Å². The molecule has 19 heavy (non-hydrogen) atoms. The van der Waals surface area contributed by atoms with Crippen LogP contribution in [-0.4, -0.2) is 38.3 Å². The highest BCUT2D eigenvalue weighted by molar-refractivity contribution is 5.77. The number of ether oxygens (including phenoxy) is 2. The Hall–Kier alpha value is -1.75. The molecular formula is C14H20N2O3. The van der Waals surface area contributed by atoms with Gasteiger partial charge in [0, 0.05) is 25.4 Å². The van der Waals surface area contributed by atoms with Gasteiger partial charge in [0.25, 0.3) is 5.91 Å². The molecule has 0 spiro atoms. The number of carbonyl (C=O) groups excluding carboxylic acids is 1. The molecular weight excluding hydrogens is 244 g/mol. The Labute approximate surface area is 113 Å². The van der Waals surface area contributed by atoms with Crippen molar-refractivity contribution in [3.63, 3.8) is 0 Å². The molecule has 5 nitrogen and oxygen atoms in total. The summed E-state index contributed by atoms with van der Waals surface area (Å²) in [5, 5.41) is 5.95. The van der Waals surface area contributed by atoms with Crippen LogP contribution in [0, 0.1) is 0 Å². The number of amides is 1. The average Bonchev–Trinajstić information content (AvgIpc) is 2.82. The van der Waals surface area contributed by atoms with E-state index in [0.717, 1.165) is 18.7 Å². The second kappa shape index (κ2) is 6.43. The van der Waals surface area contributed by atoms with Crippen LogP contribution in [0.25, 0.3) is 0 Å². The maximum atomic E-state index is 11.1. The number of likely N-dealkylation sites (N-methyl/N-ethyl adjacent to an activating group) is 1. The number of nitrogens with one attached hydrogen (secondary N) is 2. The minimum atomic E-state index is -0.142. The molecule has 1 aromatic carbocycles. The third-order valence-corrected chi connectivity index (χ3v) is 3.21. The zero-order chi connectivity index (χ0) is 13.7. The van der Waals surface area contributed by atoms with Crippen LogP contribution >= 0.6 is 0 Å². The standard InChI is InChI=1S/C14H20N2O3/c1-10-13(6-7-18-10)16-11-4-3-5-12(8-11)19-9-14(17)15-2/h3-5,8,10,13,16H,6-7,9H2,1-2H3,(H,15,17). The maximum Gasteiger partial charge on any atom is 0.257 e. The lowest BCUT2D eigenvalue weighted by Crippen LogP contribution is -2.26. The summed E-state index contributed by atoms with van der Waals surface area (Å²) in [7, 11) is 1.59. The third-order valence-electron chi connectivity index (χ3n) is 3.21. The summed E-state index contributed by atoms with van der Waals surface area (Å²) >= 11 is 0. The minimum Gasteiger partial charge on any atom is -0.484 e. The van der Waals surface area contributed by atoms with Crippen LogP contribution in [0.4, 0.5) is 5.69 Å². The van der Waals surface area contributed by atoms with Crippen LogP contribution in [0.15, 0.2) is 24.3 Å². The third kappa shape index (κ3) is 3.86. The Morgan fingerprint density at radius 3 is 3.05 bits per heavy atom. The van der Waals surface area contributed by atoms with Crippen molar-refractivity contribution >= 4 is 11.6 Å². The van der Waals surface area contributed by atoms with E-state index in [1.165, 1.54) is 0 Å². The number of hydrogen-bond donors (Lipinski definition) is 2. The number of carbonyl (C=O) groups is 1. The van der Waals surface area contributed by atoms with Gasteiger partial charge in [-0.1, -0.05) is 6.07 Å². The molecule has 0 radical (unpaired) electrons. The summed E-state index contributed by atoms with van der Waals surface area (Å²) in [6.07, 6.45) is 1.22. The van der Waals surface area contributed by atoms with E-state index in [1.807, 2.05) is 24.3 Å². The van der Waals surface area contributed by atoms with Crippen molar-refractivity contribution in [2.45, 2.75) is 25.5 Å². The topological polar surface area (TPSA) is 59.6 Å². The molecule has 2 atom stereocenters. The van der Waals surface area contributed by atoms with Crippen LogP contribution < -0.4 is 15.4 Å². The van der Waals surface area contributed by atoms with Crippen LogP contribution in [-0.2, 0) is 9.53 Å². The first kappa shape index (κ1) is 13.7. The summed E-state index contributed by atoms with van der Waals surface area (Å²) in [5.41, 5.74) is 0.983. The molecule has 2 N–H and O–H groups in total. The molecule has 0 saturated carbocycles. The van der Waals surface area contributed by atoms with E-state index >= 15 is 0 Å². The summed E-state index contributed by atoms with van der Waals surface area (Å²) in [4.78, 5) is 11.1. The first-order valence-electron chi connectivity index (χ1n) is 6.50. The van der Waals surface area contributed by atoms with E-state index in [0.29, 0.717) is 11.8 Å². The lowest BCUT2D eigenvalue weighted by atomic mass is 10.1. The van der Waals surface area contributed by atoms with Crippen LogP contribution in [0.5, 0.6) is 5.75 Å². The van der Waals surface area contributed by atoms with E-state index in [2.05, 4.69) is 17.6 Å². The Morgan fingerprint density at radius 1 is 1.53 bits per heavy atom. The maximum absolute atomic E-state index is 11.1. The summed E-state index contributed by atoms with van der Waals surface area (Å²) in [6, 6.07) is 7.95. The molecule has 104 valence electrons. The second-order valence-corrected chi connectivity index (χ2v) is 4.61. The van der Waals surface area contributed by atoms with E-state index in [1.54, 1.807) is 7.05 Å². The summed E-state index contributed by atoms with van der Waals surface area (Å²) in [5.74, 6) is 0.538. The van der Waals surface area contributed by atoms with Gasteiger partial charge in [-0.05, 0) is 25.5 Å². The first-order valence-corrected chi connectivity index (χ1v) is 6.50. The number of anilines is 1. The van der Waals surface area contributed by atoms with Gasteiger partial charge in [0.15, 0.2) is 6.61 Å². The van der Waals surface area contributed by atoms with Crippen molar-refractivity contribution in [3.05, 3.63) is 24.3 Å². The highest BCUT2D eigenvalue weighted by atomic mass is 16.5. The highest BCUT2D eigenvalue weighted by Crippen LogP contribution is 2.22. The predicted octanol–water partition coefficient (Wildman–Crippen LogP) is 1.40. The van der Waals surface area contributed by atoms with Crippen molar-refractivity contribution in [1.82, 2.24) is 5.32 Å². The highest BCUT2D eigenvalue weighted by Gasteiger charge is 2.23. The van der Waals surface area contributed by atoms with Crippen molar-refractivity contribution in [1.29, 1.82) is 0 Å². The smallest absolute Gasteiger partial charge is 0.257 e. The Kier molecular flexibility index (Phi) is 4.63. The molecule has 1 fully saturated rings. The molecule has 1 heterocycles. The summed E-state index contributed by atoms with van der Waals surface area (Å²) in [6.45, 7) is 2.89. The van der Waals surface area contributed by atoms with Gasteiger partial charge in [0.1, 0.15) is 5.75 Å². The molecule has 1 saturated heterocycles. The Bertz CT molecular complexity index is 436. The van der Waals surface area contributed by atoms with E-state index in [-0.39, 0.29) is 18.6 Å². The van der Waals surface area contributed by atoms with Crippen molar-refractivity contribution in [2.75, 3.05) is 25.6 Å². The molecule has 5 heteroatoms. The molecule has 1 aromatic rings. The largest absolute Gasteiger partial charge is 0.484 e. The molecule has 0 aliphatic carbocycles. The fourth-order valence-corrected chi connectivity index (χ4v) is 2.03. The predicted molar refractivity (Wildman–Crippen MR) is 73.4 cm³/mol. The van der Waals surface area contributed by atoms with E-state index in [4.69, 9.17) is 9.47 Å². The Balaban J connectivity index is 1.93. The Morgan fingerprint density at radius 2 is 2.37 bits per heavy atom. The lowest BCUT2D eigenvalue weighted by Gasteiger charge is -2.17. The van der Waals surface area contributed by atoms with Crippen molar-refractivity contribution in [2.24, 2.45) is 0 Å². The fourth-order valence-electron chi connectivity index (χ4n) is 2.03. The van der Waals surface area contributed by atoms with Gasteiger partial charge >= 0.3 is 0 Å². The molecule has 1 aliphatic heterocycles. The van der Waals surface area contributed by atoms with Crippen LogP contribution in [0.1, 0.15) is 13.3 Å². The molecule has 2 rings (SSSR count). The SMILES string of the molecule is CNC(=O)COc1cccc(NC2CCOC2C)c1. The fraction of sp³-hybridized carbons (Fsp3) is 0.500. The van der Waals surface area contributed by atoms with Crippen molar-refractivity contribution in [3.8, 4) is 5.75 Å². The van der Waals surface area contributed by atoms with Gasteiger partial charge in [-0.15, -0.1) is 0 Å². The van der Waals surface area contributed by atoms with Gasteiger partial charge in [-0.25, -0.2) is 0 Å². The monoisotopic (exact) mass is 264 g/mol. The lowest BCUT2D eigenvalue weighted by molar-refractivity contribution is -0.122. The van der Waals surface area contributed by atoms with Gasteiger partial charge in [0.2, 0.25) is 0 Å². The molecule has 1 aliphatic rings. The minimum absolute atomic E-state index is 0.0307. The molecule has 2 unspecified atom stereocenters.